The predicted molar refractivity (Wildman–Crippen MR) is 214 cm³/mol. The van der Waals surface area contributed by atoms with E-state index in [9.17, 15) is 35.4 Å². The van der Waals surface area contributed by atoms with Gasteiger partial charge in [-0.25, -0.2) is 4.79 Å². The first-order chi connectivity index (χ1) is 27.6. The third kappa shape index (κ3) is 8.42. The second kappa shape index (κ2) is 17.7. The van der Waals surface area contributed by atoms with Crippen molar-refractivity contribution in [3.05, 3.63) is 35.3 Å². The molecule has 0 spiro atoms. The summed E-state index contributed by atoms with van der Waals surface area (Å²) in [5.41, 5.74) is -1.03. The van der Waals surface area contributed by atoms with Gasteiger partial charge in [0, 0.05) is 49.2 Å². The molecule has 15 atom stereocenters. The van der Waals surface area contributed by atoms with Gasteiger partial charge in [0.1, 0.15) is 30.3 Å². The zero-order chi connectivity index (χ0) is 41.6. The summed E-state index contributed by atoms with van der Waals surface area (Å²) in [4.78, 5) is 14.4. The Morgan fingerprint density at radius 1 is 0.931 bits per heavy atom. The van der Waals surface area contributed by atoms with E-state index in [4.69, 9.17) is 23.7 Å². The van der Waals surface area contributed by atoms with E-state index in [-0.39, 0.29) is 71.8 Å². The van der Waals surface area contributed by atoms with Crippen LogP contribution in [0.3, 0.4) is 0 Å². The van der Waals surface area contributed by atoms with Gasteiger partial charge in [0.25, 0.3) is 0 Å². The first-order valence-corrected chi connectivity index (χ1v) is 22.4. The van der Waals surface area contributed by atoms with Crippen LogP contribution in [0, 0.1) is 34.5 Å². The van der Waals surface area contributed by atoms with E-state index in [1.54, 1.807) is 13.0 Å². The van der Waals surface area contributed by atoms with Crippen LogP contribution in [0.4, 0.5) is 0 Å². The third-order valence-corrected chi connectivity index (χ3v) is 16.1. The highest BCUT2D eigenvalue weighted by molar-refractivity contribution is 5.85. The number of carbonyl (C=O) groups excluding carboxylic acids is 1. The van der Waals surface area contributed by atoms with Gasteiger partial charge in [-0.15, -0.1) is 0 Å². The largest absolute Gasteiger partial charge is 0.510 e. The zero-order valence-electron chi connectivity index (χ0n) is 35.3. The molecule has 7 rings (SSSR count). The van der Waals surface area contributed by atoms with Crippen molar-refractivity contribution in [3.63, 3.8) is 0 Å². The summed E-state index contributed by atoms with van der Waals surface area (Å²) in [6.07, 6.45) is 8.83. The lowest BCUT2D eigenvalue weighted by atomic mass is 9.42. The van der Waals surface area contributed by atoms with Gasteiger partial charge in [0.2, 0.25) is 0 Å². The van der Waals surface area contributed by atoms with Crippen LogP contribution in [-0.4, -0.2) is 122 Å². The average molecular weight is 818 g/mol. The van der Waals surface area contributed by atoms with E-state index in [1.807, 2.05) is 20.8 Å². The van der Waals surface area contributed by atoms with Crippen molar-refractivity contribution in [2.45, 2.75) is 186 Å². The molecule has 0 amide bonds. The molecular weight excluding hydrogens is 746 g/mol. The molecule has 5 unspecified atom stereocenters. The molecule has 13 heteroatoms. The van der Waals surface area contributed by atoms with Crippen molar-refractivity contribution in [2.24, 2.45) is 34.5 Å². The highest BCUT2D eigenvalue weighted by Gasteiger charge is 2.70. The Balaban J connectivity index is 0.914. The van der Waals surface area contributed by atoms with Crippen LogP contribution in [0.15, 0.2) is 35.3 Å². The number of aliphatic hydroxyl groups excluding tert-OH is 5. The number of cyclic esters (lactones) is 1. The van der Waals surface area contributed by atoms with Gasteiger partial charge in [0.05, 0.1) is 23.9 Å². The molecule has 5 saturated carbocycles. The van der Waals surface area contributed by atoms with Crippen molar-refractivity contribution in [3.8, 4) is 0 Å². The third-order valence-electron chi connectivity index (χ3n) is 16.1. The fourth-order valence-corrected chi connectivity index (χ4v) is 12.6. The molecule has 0 aromatic carbocycles. The quantitative estimate of drug-likeness (QED) is 0.0713. The van der Waals surface area contributed by atoms with E-state index in [0.717, 1.165) is 44.3 Å². The molecule has 2 aliphatic heterocycles. The maximum atomic E-state index is 12.5. The molecule has 5 aliphatic carbocycles. The smallest absolute Gasteiger partial charge is 0.331 e. The topological polar surface area (TPSA) is 188 Å². The molecule has 6 N–H and O–H groups in total. The van der Waals surface area contributed by atoms with E-state index in [2.05, 4.69) is 11.8 Å². The maximum absolute atomic E-state index is 12.5. The number of aliphatic hydroxyl groups is 6. The molecule has 1 saturated heterocycles. The van der Waals surface area contributed by atoms with Crippen molar-refractivity contribution in [1.29, 1.82) is 0 Å². The van der Waals surface area contributed by atoms with Gasteiger partial charge in [-0.2, -0.15) is 0 Å². The lowest BCUT2D eigenvalue weighted by molar-refractivity contribution is -0.248. The van der Waals surface area contributed by atoms with Gasteiger partial charge in [-0.05, 0) is 119 Å². The van der Waals surface area contributed by atoms with Gasteiger partial charge in [0.15, 0.2) is 18.9 Å². The Hall–Kier alpha value is -2.07. The zero-order valence-corrected chi connectivity index (χ0v) is 35.3. The molecule has 2 heterocycles. The normalized spacial score (nSPS) is 42.2. The van der Waals surface area contributed by atoms with E-state index in [1.165, 1.54) is 31.4 Å². The van der Waals surface area contributed by atoms with Gasteiger partial charge < -0.3 is 54.3 Å². The summed E-state index contributed by atoms with van der Waals surface area (Å²) >= 11 is 0. The van der Waals surface area contributed by atoms with Crippen LogP contribution in [0.5, 0.6) is 0 Å². The molecule has 328 valence electrons. The first kappa shape index (κ1) is 44.0. The van der Waals surface area contributed by atoms with Crippen LogP contribution in [0.25, 0.3) is 0 Å². The number of rotatable bonds is 14. The first-order valence-electron chi connectivity index (χ1n) is 22.4. The number of esters is 1. The summed E-state index contributed by atoms with van der Waals surface area (Å²) in [5, 5.41) is 68.1. The van der Waals surface area contributed by atoms with Crippen LogP contribution >= 0.6 is 0 Å². The summed E-state index contributed by atoms with van der Waals surface area (Å²) < 4.78 is 29.4. The van der Waals surface area contributed by atoms with Crippen molar-refractivity contribution < 1.29 is 59.1 Å². The lowest BCUT2D eigenvalue weighted by Crippen LogP contribution is -2.67. The fraction of sp³-hybridized carbons (Fsp3) is 0.844. The van der Waals surface area contributed by atoms with Crippen LogP contribution in [0.1, 0.15) is 125 Å². The Bertz CT molecular complexity index is 1550. The van der Waals surface area contributed by atoms with Crippen molar-refractivity contribution in [1.82, 2.24) is 4.90 Å². The summed E-state index contributed by atoms with van der Waals surface area (Å²) in [7, 11) is 0. The summed E-state index contributed by atoms with van der Waals surface area (Å²) in [5.74, 6) is -0.476. The number of fused-ring (bicyclic) bond motifs is 5. The van der Waals surface area contributed by atoms with Crippen molar-refractivity contribution in [2.75, 3.05) is 19.7 Å². The lowest BCUT2D eigenvalue weighted by Gasteiger charge is -2.65. The second-order valence-electron chi connectivity index (χ2n) is 19.2. The molecule has 0 aromatic heterocycles. The van der Waals surface area contributed by atoms with Crippen molar-refractivity contribution >= 4 is 5.97 Å². The molecule has 7 aliphatic rings. The predicted octanol–water partition coefficient (Wildman–Crippen LogP) is 5.70. The molecule has 13 nitrogen and oxygen atoms in total. The molecular formula is C45H71NO12. The Morgan fingerprint density at radius 2 is 1.66 bits per heavy atom. The minimum absolute atomic E-state index is 0.00540. The van der Waals surface area contributed by atoms with Gasteiger partial charge >= 0.3 is 5.97 Å². The highest BCUT2D eigenvalue weighted by Crippen LogP contribution is 2.70. The SMILES string of the molecule is CC[C@@H](OC1CCN(C2CCC2)CC(C)O1)/C(O)=C/[C@@H](O)O[C@H](CC)/C(O)=C/[C@@H](O)O[C@H]1CC[C@@]2(C)C(CCC3C2C[C@H](O)[C@]2(C)[C@@H](C4=CC(=O)OC4)CC[C@]32O)C1. The number of hydrogen-bond donors (Lipinski definition) is 6. The molecule has 0 aromatic rings. The van der Waals surface area contributed by atoms with Crippen LogP contribution < -0.4 is 0 Å². The Kier molecular flexibility index (Phi) is 13.4. The fourth-order valence-electron chi connectivity index (χ4n) is 12.6. The van der Waals surface area contributed by atoms with E-state index >= 15 is 0 Å². The summed E-state index contributed by atoms with van der Waals surface area (Å²) in [6, 6.07) is 0.612. The number of hydrogen-bond acceptors (Lipinski definition) is 13. The summed E-state index contributed by atoms with van der Waals surface area (Å²) in [6.45, 7) is 12.0. The number of nitrogens with zero attached hydrogens (tertiary/aromatic N) is 1. The molecule has 0 radical (unpaired) electrons. The molecule has 58 heavy (non-hydrogen) atoms. The number of carbonyl (C=O) groups is 1. The van der Waals surface area contributed by atoms with Gasteiger partial charge in [-0.1, -0.05) is 34.1 Å². The Morgan fingerprint density at radius 3 is 2.33 bits per heavy atom. The Labute approximate surface area is 344 Å². The standard InChI is InChI=1S/C45H71NO12/c1-6-36(57-41(52)23-35(48)37(7-2)58-42-15-18-46(24-26(3)55-42)29-9-8-10-29)34(47)22-40(51)56-30-13-16-43(4)28(20-30)11-12-32-33(43)21-38(49)44(5)31(14-17-45(32,44)53)27-19-39(50)54-25-27/h19,22-23,26,28-33,36-38,40-42,47-49,51-53H,6-18,20-21,24-25H2,1-5H3/b34-22-,35-23-/t26?,28?,30-,31+,32?,33?,36+,37+,38-,40-,41-,42?,43-,44-,45-/m0/s1. The second-order valence-corrected chi connectivity index (χ2v) is 19.2. The highest BCUT2D eigenvalue weighted by atomic mass is 16.7. The van der Waals surface area contributed by atoms with Crippen LogP contribution in [-0.2, 0) is 28.5 Å². The molecule has 6 fully saturated rings. The monoisotopic (exact) mass is 817 g/mol. The number of ether oxygens (including phenoxy) is 5. The minimum Gasteiger partial charge on any atom is -0.510 e. The molecule has 0 bridgehead atoms. The minimum atomic E-state index is -1.55. The van der Waals surface area contributed by atoms with E-state index < -0.39 is 48.2 Å². The maximum Gasteiger partial charge on any atom is 0.331 e. The van der Waals surface area contributed by atoms with Gasteiger partial charge in [-0.3, -0.25) is 4.90 Å². The van der Waals surface area contributed by atoms with E-state index in [0.29, 0.717) is 44.6 Å². The van der Waals surface area contributed by atoms with Crippen LogP contribution in [0.2, 0.25) is 0 Å². The average Bonchev–Trinajstić information content (AvgIpc) is 3.64.